The van der Waals surface area contributed by atoms with Crippen molar-refractivity contribution in [3.63, 3.8) is 0 Å². The molecule has 36 heavy (non-hydrogen) atoms. The molecule has 1 heterocycles. The van der Waals surface area contributed by atoms with E-state index in [2.05, 4.69) is 10.6 Å². The lowest BCUT2D eigenvalue weighted by Crippen LogP contribution is -2.47. The standard InChI is InChI=1S/C26H29N3O7/c1-17(30)27-11-12-35-16-26-13-21(25(33)34)29(22(26)14-26)23(31)15-28-24(32)18-7-9-20(10-8-18)36-19-5-3-2-4-6-19/h2-10,21-22H,11-16H2,1H3,(H,27,30)(H,28,32)(H,33,34)/t21-,22-,26+/m0/s1. The number of benzene rings is 2. The van der Waals surface area contributed by atoms with Crippen LogP contribution < -0.4 is 15.4 Å². The summed E-state index contributed by atoms with van der Waals surface area (Å²) in [5.74, 6) is -0.865. The molecule has 2 aromatic rings. The molecule has 1 aliphatic heterocycles. The van der Waals surface area contributed by atoms with Crippen LogP contribution in [0.15, 0.2) is 54.6 Å². The molecule has 1 aliphatic carbocycles. The van der Waals surface area contributed by atoms with E-state index in [0.29, 0.717) is 49.7 Å². The van der Waals surface area contributed by atoms with Gasteiger partial charge in [0.25, 0.3) is 5.91 Å². The molecule has 2 aliphatic rings. The highest BCUT2D eigenvalue weighted by atomic mass is 16.5. The molecule has 3 atom stereocenters. The highest BCUT2D eigenvalue weighted by Crippen LogP contribution is 2.59. The molecule has 0 spiro atoms. The van der Waals surface area contributed by atoms with Crippen molar-refractivity contribution in [3.8, 4) is 11.5 Å². The van der Waals surface area contributed by atoms with Crippen LogP contribution in [-0.4, -0.2) is 72.1 Å². The fraction of sp³-hybridized carbons (Fsp3) is 0.385. The van der Waals surface area contributed by atoms with Crippen molar-refractivity contribution in [2.45, 2.75) is 31.8 Å². The number of para-hydroxylation sites is 1. The van der Waals surface area contributed by atoms with E-state index in [0.717, 1.165) is 0 Å². The zero-order chi connectivity index (χ0) is 25.7. The summed E-state index contributed by atoms with van der Waals surface area (Å²) in [5.41, 5.74) is -0.0409. The summed E-state index contributed by atoms with van der Waals surface area (Å²) in [4.78, 5) is 49.6. The maximum atomic E-state index is 12.9. The quantitative estimate of drug-likeness (QED) is 0.405. The van der Waals surface area contributed by atoms with Crippen LogP contribution in [0.25, 0.3) is 0 Å². The molecule has 10 nitrogen and oxygen atoms in total. The minimum Gasteiger partial charge on any atom is -0.480 e. The molecule has 2 fully saturated rings. The number of rotatable bonds is 11. The number of amides is 3. The first kappa shape index (κ1) is 25.2. The lowest BCUT2D eigenvalue weighted by molar-refractivity contribution is -0.149. The number of hydrogen-bond acceptors (Lipinski definition) is 6. The van der Waals surface area contributed by atoms with Gasteiger partial charge in [0.1, 0.15) is 17.5 Å². The minimum absolute atomic E-state index is 0.150. The van der Waals surface area contributed by atoms with Crippen LogP contribution >= 0.6 is 0 Å². The first-order valence-corrected chi connectivity index (χ1v) is 11.8. The number of carboxylic acids is 1. The molecule has 190 valence electrons. The molecule has 4 rings (SSSR count). The van der Waals surface area contributed by atoms with Gasteiger partial charge >= 0.3 is 5.97 Å². The number of hydrogen-bond donors (Lipinski definition) is 3. The summed E-state index contributed by atoms with van der Waals surface area (Å²) in [5, 5.41) is 14.9. The van der Waals surface area contributed by atoms with Gasteiger partial charge in [0.15, 0.2) is 0 Å². The van der Waals surface area contributed by atoms with Crippen LogP contribution in [0, 0.1) is 5.41 Å². The Hall–Kier alpha value is -3.92. The van der Waals surface area contributed by atoms with Gasteiger partial charge in [-0.05, 0) is 49.2 Å². The Morgan fingerprint density at radius 2 is 1.69 bits per heavy atom. The SMILES string of the molecule is CC(=O)NCCOC[C@@]12C[C@@H]1N(C(=O)CNC(=O)c1ccc(Oc3ccccc3)cc1)[C@H](C(=O)O)C2. The van der Waals surface area contributed by atoms with Gasteiger partial charge in [0, 0.05) is 30.5 Å². The first-order chi connectivity index (χ1) is 17.3. The van der Waals surface area contributed by atoms with Gasteiger partial charge in [-0.3, -0.25) is 14.4 Å². The van der Waals surface area contributed by atoms with Gasteiger partial charge in [-0.25, -0.2) is 4.79 Å². The van der Waals surface area contributed by atoms with Crippen LogP contribution in [0.4, 0.5) is 0 Å². The second-order valence-corrected chi connectivity index (χ2v) is 9.10. The average molecular weight is 496 g/mol. The number of piperidine rings is 1. The maximum absolute atomic E-state index is 12.9. The van der Waals surface area contributed by atoms with Gasteiger partial charge in [-0.2, -0.15) is 0 Å². The molecule has 0 bridgehead atoms. The molecular formula is C26H29N3O7. The predicted molar refractivity (Wildman–Crippen MR) is 129 cm³/mol. The molecule has 0 aromatic heterocycles. The van der Waals surface area contributed by atoms with Crippen molar-refractivity contribution in [1.29, 1.82) is 0 Å². The lowest BCUT2D eigenvalue weighted by Gasteiger charge is -2.24. The topological polar surface area (TPSA) is 134 Å². The van der Waals surface area contributed by atoms with E-state index in [1.54, 1.807) is 24.3 Å². The molecule has 1 saturated carbocycles. The Balaban J connectivity index is 1.28. The first-order valence-electron chi connectivity index (χ1n) is 11.8. The lowest BCUT2D eigenvalue weighted by atomic mass is 10.0. The molecule has 3 N–H and O–H groups in total. The van der Waals surface area contributed by atoms with Gasteiger partial charge < -0.3 is 30.1 Å². The Morgan fingerprint density at radius 1 is 1.00 bits per heavy atom. The third-order valence-electron chi connectivity index (χ3n) is 6.50. The van der Waals surface area contributed by atoms with Crippen molar-refractivity contribution < 1.29 is 33.8 Å². The summed E-state index contributed by atoms with van der Waals surface area (Å²) in [7, 11) is 0. The summed E-state index contributed by atoms with van der Waals surface area (Å²) in [6.07, 6.45) is 0.954. The number of nitrogens with zero attached hydrogens (tertiary/aromatic N) is 1. The predicted octanol–water partition coefficient (Wildman–Crippen LogP) is 1.81. The van der Waals surface area contributed by atoms with Crippen molar-refractivity contribution in [3.05, 3.63) is 60.2 Å². The summed E-state index contributed by atoms with van der Waals surface area (Å²) < 4.78 is 11.4. The fourth-order valence-electron chi connectivity index (χ4n) is 4.63. The van der Waals surface area contributed by atoms with Gasteiger partial charge in [-0.15, -0.1) is 0 Å². The molecular weight excluding hydrogens is 466 g/mol. The Bertz CT molecular complexity index is 1120. The smallest absolute Gasteiger partial charge is 0.326 e. The second kappa shape index (κ2) is 10.8. The number of carbonyl (C=O) groups is 4. The fourth-order valence-corrected chi connectivity index (χ4v) is 4.63. The number of aliphatic carboxylic acids is 1. The Labute approximate surface area is 208 Å². The van der Waals surface area contributed by atoms with E-state index in [4.69, 9.17) is 9.47 Å². The van der Waals surface area contributed by atoms with E-state index in [1.165, 1.54) is 11.8 Å². The number of fused-ring (bicyclic) bond motifs is 1. The third kappa shape index (κ3) is 5.83. The van der Waals surface area contributed by atoms with E-state index < -0.39 is 29.2 Å². The largest absolute Gasteiger partial charge is 0.480 e. The summed E-state index contributed by atoms with van der Waals surface area (Å²) >= 11 is 0. The summed E-state index contributed by atoms with van der Waals surface area (Å²) in [6, 6.07) is 14.6. The number of ether oxygens (including phenoxy) is 2. The van der Waals surface area contributed by atoms with E-state index in [-0.39, 0.29) is 18.5 Å². The van der Waals surface area contributed by atoms with Gasteiger partial charge in [0.05, 0.1) is 19.8 Å². The van der Waals surface area contributed by atoms with Crippen molar-refractivity contribution in [2.75, 3.05) is 26.3 Å². The van der Waals surface area contributed by atoms with Crippen LogP contribution in [0.5, 0.6) is 11.5 Å². The number of carbonyl (C=O) groups excluding carboxylic acids is 3. The van der Waals surface area contributed by atoms with Crippen molar-refractivity contribution in [1.82, 2.24) is 15.5 Å². The maximum Gasteiger partial charge on any atom is 0.326 e. The van der Waals surface area contributed by atoms with Gasteiger partial charge in [0.2, 0.25) is 11.8 Å². The molecule has 3 amide bonds. The molecule has 1 saturated heterocycles. The number of likely N-dealkylation sites (tertiary alicyclic amines) is 1. The van der Waals surface area contributed by atoms with Crippen molar-refractivity contribution >= 4 is 23.7 Å². The Kier molecular flexibility index (Phi) is 7.54. The molecule has 0 radical (unpaired) electrons. The normalized spacial score (nSPS) is 21.9. The van der Waals surface area contributed by atoms with E-state index >= 15 is 0 Å². The molecule has 0 unspecified atom stereocenters. The average Bonchev–Trinajstić information content (AvgIpc) is 3.46. The van der Waals surface area contributed by atoms with Crippen LogP contribution in [0.2, 0.25) is 0 Å². The zero-order valence-corrected chi connectivity index (χ0v) is 19.9. The zero-order valence-electron chi connectivity index (χ0n) is 19.9. The highest BCUT2D eigenvalue weighted by molar-refractivity contribution is 5.97. The highest BCUT2D eigenvalue weighted by Gasteiger charge is 2.67. The minimum atomic E-state index is -1.08. The van der Waals surface area contributed by atoms with E-state index in [9.17, 15) is 24.3 Å². The van der Waals surface area contributed by atoms with Crippen LogP contribution in [-0.2, 0) is 19.1 Å². The second-order valence-electron chi connectivity index (χ2n) is 9.10. The van der Waals surface area contributed by atoms with Crippen LogP contribution in [0.3, 0.4) is 0 Å². The van der Waals surface area contributed by atoms with E-state index in [1.807, 2.05) is 30.3 Å². The Morgan fingerprint density at radius 3 is 2.36 bits per heavy atom. The third-order valence-corrected chi connectivity index (χ3v) is 6.50. The van der Waals surface area contributed by atoms with Gasteiger partial charge in [-0.1, -0.05) is 18.2 Å². The monoisotopic (exact) mass is 495 g/mol. The van der Waals surface area contributed by atoms with Crippen molar-refractivity contribution in [2.24, 2.45) is 5.41 Å². The van der Waals surface area contributed by atoms with Crippen LogP contribution in [0.1, 0.15) is 30.1 Å². The number of nitrogens with one attached hydrogen (secondary N) is 2. The number of carboxylic acid groups (broad SMARTS) is 1. The summed E-state index contributed by atoms with van der Waals surface area (Å²) in [6.45, 7) is 2.11. The molecule has 2 aromatic carbocycles. The molecule has 10 heteroatoms.